The van der Waals surface area contributed by atoms with Gasteiger partial charge in [-0.25, -0.2) is 10.0 Å². The van der Waals surface area contributed by atoms with E-state index in [-0.39, 0.29) is 0 Å². The third kappa shape index (κ3) is 2.55. The number of hydrazine groups is 1. The molecule has 1 aliphatic rings. The maximum absolute atomic E-state index is 10.3. The number of hydrogen-bond donors (Lipinski definition) is 0. The van der Waals surface area contributed by atoms with Gasteiger partial charge < -0.3 is 9.53 Å². The van der Waals surface area contributed by atoms with Gasteiger partial charge in [-0.05, 0) is 0 Å². The van der Waals surface area contributed by atoms with Gasteiger partial charge in [0, 0.05) is 19.6 Å². The Balaban J connectivity index is 2.34. The molecule has 0 aromatic carbocycles. The second-order valence-electron chi connectivity index (χ2n) is 2.74. The molecular formula is C8H16N2O2. The van der Waals surface area contributed by atoms with E-state index in [0.29, 0.717) is 6.54 Å². The lowest BCUT2D eigenvalue weighted by Gasteiger charge is -2.35. The zero-order valence-electron chi connectivity index (χ0n) is 7.53. The number of nitrogens with zero attached hydrogens (tertiary/aromatic N) is 2. The highest BCUT2D eigenvalue weighted by atomic mass is 16.5. The van der Waals surface area contributed by atoms with Gasteiger partial charge in [-0.2, -0.15) is 0 Å². The van der Waals surface area contributed by atoms with E-state index in [0.717, 1.165) is 39.1 Å². The minimum absolute atomic E-state index is 0.497. The lowest BCUT2D eigenvalue weighted by Crippen LogP contribution is -2.49. The number of rotatable bonds is 4. The number of aldehydes is 1. The lowest BCUT2D eigenvalue weighted by molar-refractivity contribution is -0.120. The van der Waals surface area contributed by atoms with Crippen LogP contribution in [0.1, 0.15) is 6.92 Å². The molecule has 1 aliphatic heterocycles. The van der Waals surface area contributed by atoms with E-state index in [9.17, 15) is 4.79 Å². The van der Waals surface area contributed by atoms with E-state index in [1.807, 2.05) is 0 Å². The summed E-state index contributed by atoms with van der Waals surface area (Å²) < 4.78 is 5.22. The van der Waals surface area contributed by atoms with Gasteiger partial charge in [-0.3, -0.25) is 0 Å². The molecule has 0 aliphatic carbocycles. The van der Waals surface area contributed by atoms with E-state index in [1.54, 1.807) is 0 Å². The van der Waals surface area contributed by atoms with E-state index < -0.39 is 0 Å². The molecule has 1 fully saturated rings. The fourth-order valence-electron chi connectivity index (χ4n) is 1.37. The molecule has 0 spiro atoms. The Hall–Kier alpha value is -0.450. The quantitative estimate of drug-likeness (QED) is 0.548. The van der Waals surface area contributed by atoms with Crippen LogP contribution in [0.2, 0.25) is 0 Å². The number of morpholine rings is 1. The molecule has 70 valence electrons. The van der Waals surface area contributed by atoms with Gasteiger partial charge in [-0.1, -0.05) is 6.92 Å². The molecular weight excluding hydrogens is 156 g/mol. The van der Waals surface area contributed by atoms with Crippen molar-refractivity contribution in [2.45, 2.75) is 6.92 Å². The van der Waals surface area contributed by atoms with Crippen LogP contribution in [0.4, 0.5) is 0 Å². The van der Waals surface area contributed by atoms with Crippen LogP contribution in [0.3, 0.4) is 0 Å². The zero-order chi connectivity index (χ0) is 8.81. The second kappa shape index (κ2) is 5.24. The minimum atomic E-state index is 0.497. The average molecular weight is 172 g/mol. The first-order chi connectivity index (χ1) is 5.88. The Bertz CT molecular complexity index is 135. The highest BCUT2D eigenvalue weighted by molar-refractivity contribution is 5.51. The molecule has 0 amide bonds. The number of likely N-dealkylation sites (N-methyl/N-ethyl adjacent to an activating group) is 1. The summed E-state index contributed by atoms with van der Waals surface area (Å²) in [5, 5.41) is 4.23. The molecule has 0 bridgehead atoms. The van der Waals surface area contributed by atoms with Gasteiger partial charge in [0.2, 0.25) is 0 Å². The summed E-state index contributed by atoms with van der Waals surface area (Å²) in [7, 11) is 0. The molecule has 12 heavy (non-hydrogen) atoms. The van der Waals surface area contributed by atoms with Crippen molar-refractivity contribution in [1.82, 2.24) is 10.0 Å². The Morgan fingerprint density at radius 2 is 2.17 bits per heavy atom. The summed E-state index contributed by atoms with van der Waals surface area (Å²) in [6.07, 6.45) is 0.943. The van der Waals surface area contributed by atoms with E-state index >= 15 is 0 Å². The van der Waals surface area contributed by atoms with Crippen molar-refractivity contribution >= 4 is 6.29 Å². The summed E-state index contributed by atoms with van der Waals surface area (Å²) in [6.45, 7) is 6.79. The SMILES string of the molecule is CCN(CC=O)N1CCOCC1. The monoisotopic (exact) mass is 172 g/mol. The van der Waals surface area contributed by atoms with Crippen LogP contribution in [0.5, 0.6) is 0 Å². The first-order valence-electron chi connectivity index (χ1n) is 4.39. The molecule has 0 aromatic heterocycles. The lowest BCUT2D eigenvalue weighted by atomic mass is 10.5. The molecule has 1 saturated heterocycles. The molecule has 1 rings (SSSR count). The van der Waals surface area contributed by atoms with Gasteiger partial charge in [0.15, 0.2) is 0 Å². The number of carbonyl (C=O) groups excluding carboxylic acids is 1. The molecule has 4 heteroatoms. The van der Waals surface area contributed by atoms with Crippen LogP contribution in [-0.4, -0.2) is 55.7 Å². The molecule has 0 radical (unpaired) electrons. The van der Waals surface area contributed by atoms with E-state index in [4.69, 9.17) is 4.74 Å². The van der Waals surface area contributed by atoms with Gasteiger partial charge in [0.25, 0.3) is 0 Å². The van der Waals surface area contributed by atoms with Crippen molar-refractivity contribution in [1.29, 1.82) is 0 Å². The molecule has 0 atom stereocenters. The first kappa shape index (κ1) is 9.64. The van der Waals surface area contributed by atoms with Gasteiger partial charge >= 0.3 is 0 Å². The Morgan fingerprint density at radius 1 is 1.50 bits per heavy atom. The van der Waals surface area contributed by atoms with Crippen LogP contribution in [0.25, 0.3) is 0 Å². The van der Waals surface area contributed by atoms with E-state index in [1.165, 1.54) is 0 Å². The van der Waals surface area contributed by atoms with Crippen molar-refractivity contribution in [3.8, 4) is 0 Å². The maximum atomic E-state index is 10.3. The predicted octanol–water partition coefficient (Wildman–Crippen LogP) is -0.246. The highest BCUT2D eigenvalue weighted by Gasteiger charge is 2.15. The number of carbonyl (C=O) groups is 1. The van der Waals surface area contributed by atoms with E-state index in [2.05, 4.69) is 16.9 Å². The summed E-state index contributed by atoms with van der Waals surface area (Å²) >= 11 is 0. The molecule has 0 aromatic rings. The fraction of sp³-hybridized carbons (Fsp3) is 0.875. The van der Waals surface area contributed by atoms with Crippen LogP contribution in [0.15, 0.2) is 0 Å². The normalized spacial score (nSPS) is 19.8. The topological polar surface area (TPSA) is 32.8 Å². The van der Waals surface area contributed by atoms with Gasteiger partial charge in [-0.15, -0.1) is 0 Å². The molecule has 4 nitrogen and oxygen atoms in total. The van der Waals surface area contributed by atoms with Crippen LogP contribution < -0.4 is 0 Å². The average Bonchev–Trinajstić information content (AvgIpc) is 2.15. The fourth-order valence-corrected chi connectivity index (χ4v) is 1.37. The molecule has 1 heterocycles. The van der Waals surface area contributed by atoms with Gasteiger partial charge in [0.05, 0.1) is 19.8 Å². The van der Waals surface area contributed by atoms with Crippen LogP contribution in [0, 0.1) is 0 Å². The van der Waals surface area contributed by atoms with Gasteiger partial charge in [0.1, 0.15) is 6.29 Å². The number of ether oxygens (including phenoxy) is 1. The smallest absolute Gasteiger partial charge is 0.135 e. The Labute approximate surface area is 73.1 Å². The molecule has 0 unspecified atom stereocenters. The standard InChI is InChI=1S/C8H16N2O2/c1-2-9(3-6-11)10-4-7-12-8-5-10/h6H,2-5,7-8H2,1H3. The Morgan fingerprint density at radius 3 is 2.67 bits per heavy atom. The Kier molecular flexibility index (Phi) is 4.21. The molecule has 0 N–H and O–H groups in total. The van der Waals surface area contributed by atoms with Crippen molar-refractivity contribution in [2.75, 3.05) is 39.4 Å². The van der Waals surface area contributed by atoms with Crippen molar-refractivity contribution in [3.63, 3.8) is 0 Å². The number of hydrogen-bond acceptors (Lipinski definition) is 4. The van der Waals surface area contributed by atoms with Crippen LogP contribution >= 0.6 is 0 Å². The van der Waals surface area contributed by atoms with Crippen LogP contribution in [-0.2, 0) is 9.53 Å². The summed E-state index contributed by atoms with van der Waals surface area (Å²) in [4.78, 5) is 10.3. The third-order valence-electron chi connectivity index (χ3n) is 2.04. The first-order valence-corrected chi connectivity index (χ1v) is 4.39. The highest BCUT2D eigenvalue weighted by Crippen LogP contribution is 2.01. The summed E-state index contributed by atoms with van der Waals surface area (Å²) in [5.74, 6) is 0. The van der Waals surface area contributed by atoms with Crippen molar-refractivity contribution < 1.29 is 9.53 Å². The maximum Gasteiger partial charge on any atom is 0.135 e. The zero-order valence-corrected chi connectivity index (χ0v) is 7.53. The third-order valence-corrected chi connectivity index (χ3v) is 2.04. The predicted molar refractivity (Wildman–Crippen MR) is 45.7 cm³/mol. The second-order valence-corrected chi connectivity index (χ2v) is 2.74. The van der Waals surface area contributed by atoms with Crippen molar-refractivity contribution in [2.24, 2.45) is 0 Å². The summed E-state index contributed by atoms with van der Waals surface area (Å²) in [6, 6.07) is 0. The van der Waals surface area contributed by atoms with Crippen molar-refractivity contribution in [3.05, 3.63) is 0 Å². The summed E-state index contributed by atoms with van der Waals surface area (Å²) in [5.41, 5.74) is 0. The minimum Gasteiger partial charge on any atom is -0.379 e. The largest absolute Gasteiger partial charge is 0.379 e. The molecule has 0 saturated carbocycles.